The van der Waals surface area contributed by atoms with Crippen LogP contribution in [0.2, 0.25) is 0 Å². The SMILES string of the molecule is C=CCCC=Cc1cc(C2=C(C=C)C(C=C)=CC3C=CC=CC23)cc(-c2ccccc2)c1. The summed E-state index contributed by atoms with van der Waals surface area (Å²) in [6.45, 7) is 12.1. The fourth-order valence-corrected chi connectivity index (χ4v) is 4.59. The van der Waals surface area contributed by atoms with Gasteiger partial charge in [0.05, 0.1) is 0 Å². The minimum absolute atomic E-state index is 0.292. The molecule has 0 radical (unpaired) electrons. The van der Waals surface area contributed by atoms with Gasteiger partial charge in [-0.15, -0.1) is 6.58 Å². The summed E-state index contributed by atoms with van der Waals surface area (Å²) < 4.78 is 0. The van der Waals surface area contributed by atoms with Crippen LogP contribution in [0.15, 0.2) is 134 Å². The molecule has 0 heteroatoms. The van der Waals surface area contributed by atoms with Crippen LogP contribution in [0.3, 0.4) is 0 Å². The van der Waals surface area contributed by atoms with Gasteiger partial charge in [0, 0.05) is 11.8 Å². The van der Waals surface area contributed by atoms with Crippen molar-refractivity contribution in [1.82, 2.24) is 0 Å². The summed E-state index contributed by atoms with van der Waals surface area (Å²) in [6.07, 6.45) is 23.6. The van der Waals surface area contributed by atoms with Crippen LogP contribution in [-0.4, -0.2) is 0 Å². The van der Waals surface area contributed by atoms with Crippen LogP contribution in [0.4, 0.5) is 0 Å². The van der Waals surface area contributed by atoms with E-state index in [2.05, 4.69) is 111 Å². The van der Waals surface area contributed by atoms with Gasteiger partial charge in [-0.2, -0.15) is 0 Å². The molecule has 0 heterocycles. The standard InChI is InChI=1S/C32H30/c1-4-7-8-10-15-24-20-28(26-16-11-9-12-17-26)23-29(21-24)32-30(6-3)25(5-2)22-27-18-13-14-19-31(27)32/h4-6,9-23,27,31H,1-3,7-8H2. The largest absolute Gasteiger partial charge is 0.103 e. The predicted molar refractivity (Wildman–Crippen MR) is 141 cm³/mol. The summed E-state index contributed by atoms with van der Waals surface area (Å²) in [5, 5.41) is 0. The summed E-state index contributed by atoms with van der Waals surface area (Å²) in [6, 6.07) is 17.5. The zero-order valence-electron chi connectivity index (χ0n) is 18.6. The molecule has 0 amide bonds. The van der Waals surface area contributed by atoms with Gasteiger partial charge in [-0.1, -0.05) is 104 Å². The van der Waals surface area contributed by atoms with E-state index in [4.69, 9.17) is 0 Å². The lowest BCUT2D eigenvalue weighted by atomic mass is 9.71. The molecule has 0 N–H and O–H groups in total. The number of hydrogen-bond donors (Lipinski definition) is 0. The van der Waals surface area contributed by atoms with Crippen molar-refractivity contribution in [2.24, 2.45) is 11.8 Å². The van der Waals surface area contributed by atoms with Gasteiger partial charge in [-0.3, -0.25) is 0 Å². The van der Waals surface area contributed by atoms with Crippen LogP contribution in [0.5, 0.6) is 0 Å². The van der Waals surface area contributed by atoms with Gasteiger partial charge in [0.1, 0.15) is 0 Å². The van der Waals surface area contributed by atoms with Crippen LogP contribution in [0, 0.1) is 11.8 Å². The number of unbranched alkanes of at least 4 members (excludes halogenated alkanes) is 1. The predicted octanol–water partition coefficient (Wildman–Crippen LogP) is 8.76. The van der Waals surface area contributed by atoms with Gasteiger partial charge in [0.2, 0.25) is 0 Å². The molecular formula is C32H30. The van der Waals surface area contributed by atoms with E-state index in [1.807, 2.05) is 18.2 Å². The lowest BCUT2D eigenvalue weighted by molar-refractivity contribution is 0.670. The Morgan fingerprint density at radius 1 is 0.781 bits per heavy atom. The van der Waals surface area contributed by atoms with E-state index in [1.165, 1.54) is 33.4 Å². The first-order chi connectivity index (χ1) is 15.7. The number of hydrogen-bond acceptors (Lipinski definition) is 0. The number of fused-ring (bicyclic) bond motifs is 1. The number of rotatable bonds is 8. The third kappa shape index (κ3) is 4.50. The van der Waals surface area contributed by atoms with Gasteiger partial charge >= 0.3 is 0 Å². The lowest BCUT2D eigenvalue weighted by Gasteiger charge is -2.32. The summed E-state index contributed by atoms with van der Waals surface area (Å²) in [5.74, 6) is 0.624. The molecule has 0 saturated carbocycles. The van der Waals surface area contributed by atoms with Crippen molar-refractivity contribution in [3.05, 3.63) is 145 Å². The molecule has 2 aromatic carbocycles. The van der Waals surface area contributed by atoms with Crippen molar-refractivity contribution in [2.45, 2.75) is 12.8 Å². The summed E-state index contributed by atoms with van der Waals surface area (Å²) >= 11 is 0. The van der Waals surface area contributed by atoms with Crippen molar-refractivity contribution < 1.29 is 0 Å². The Balaban J connectivity index is 1.90. The highest BCUT2D eigenvalue weighted by Crippen LogP contribution is 2.44. The molecular weight excluding hydrogens is 384 g/mol. The van der Waals surface area contributed by atoms with E-state index >= 15 is 0 Å². The van der Waals surface area contributed by atoms with E-state index < -0.39 is 0 Å². The Morgan fingerprint density at radius 2 is 1.56 bits per heavy atom. The smallest absolute Gasteiger partial charge is 0.0131 e. The van der Waals surface area contributed by atoms with Crippen molar-refractivity contribution in [1.29, 1.82) is 0 Å². The van der Waals surface area contributed by atoms with Crippen molar-refractivity contribution in [3.63, 3.8) is 0 Å². The Labute approximate surface area is 192 Å². The molecule has 0 saturated heterocycles. The molecule has 0 spiro atoms. The second-order valence-corrected chi connectivity index (χ2v) is 8.21. The number of benzene rings is 2. The highest BCUT2D eigenvalue weighted by Gasteiger charge is 2.29. The van der Waals surface area contributed by atoms with Crippen molar-refractivity contribution in [2.75, 3.05) is 0 Å². The molecule has 4 rings (SSSR count). The summed E-state index contributed by atoms with van der Waals surface area (Å²) in [4.78, 5) is 0. The van der Waals surface area contributed by atoms with Gasteiger partial charge in [-0.05, 0) is 70.0 Å². The maximum Gasteiger partial charge on any atom is 0.0131 e. The Kier molecular flexibility index (Phi) is 6.82. The average Bonchev–Trinajstić information content (AvgIpc) is 2.85. The molecule has 2 atom stereocenters. The molecule has 2 aliphatic rings. The molecule has 2 aliphatic carbocycles. The maximum absolute atomic E-state index is 4.16. The quantitative estimate of drug-likeness (QED) is 0.299. The monoisotopic (exact) mass is 414 g/mol. The fourth-order valence-electron chi connectivity index (χ4n) is 4.59. The van der Waals surface area contributed by atoms with E-state index in [9.17, 15) is 0 Å². The van der Waals surface area contributed by atoms with E-state index in [0.29, 0.717) is 11.8 Å². The van der Waals surface area contributed by atoms with Gasteiger partial charge in [0.15, 0.2) is 0 Å². The van der Waals surface area contributed by atoms with Crippen LogP contribution < -0.4 is 0 Å². The molecule has 0 fully saturated rings. The van der Waals surface area contributed by atoms with Crippen molar-refractivity contribution >= 4 is 11.6 Å². The highest BCUT2D eigenvalue weighted by molar-refractivity contribution is 5.84. The van der Waals surface area contributed by atoms with Crippen LogP contribution in [-0.2, 0) is 0 Å². The zero-order chi connectivity index (χ0) is 22.3. The molecule has 0 aromatic heterocycles. The van der Waals surface area contributed by atoms with E-state index in [0.717, 1.165) is 18.4 Å². The van der Waals surface area contributed by atoms with E-state index in [-0.39, 0.29) is 0 Å². The topological polar surface area (TPSA) is 0 Å². The van der Waals surface area contributed by atoms with Crippen LogP contribution in [0.1, 0.15) is 24.0 Å². The average molecular weight is 415 g/mol. The Hall–Kier alpha value is -3.64. The molecule has 2 unspecified atom stereocenters. The van der Waals surface area contributed by atoms with Gasteiger partial charge in [0.25, 0.3) is 0 Å². The first-order valence-electron chi connectivity index (χ1n) is 11.3. The lowest BCUT2D eigenvalue weighted by Crippen LogP contribution is -2.19. The normalized spacial score (nSPS) is 19.6. The maximum atomic E-state index is 4.16. The fraction of sp³-hybridized carbons (Fsp3) is 0.125. The van der Waals surface area contributed by atoms with E-state index in [1.54, 1.807) is 0 Å². The molecule has 0 aliphatic heterocycles. The third-order valence-electron chi connectivity index (χ3n) is 6.13. The minimum Gasteiger partial charge on any atom is -0.103 e. The zero-order valence-corrected chi connectivity index (χ0v) is 18.6. The van der Waals surface area contributed by atoms with Crippen LogP contribution >= 0.6 is 0 Å². The number of allylic oxidation sites excluding steroid dienone is 12. The van der Waals surface area contributed by atoms with Gasteiger partial charge in [-0.25, -0.2) is 0 Å². The minimum atomic E-state index is 0.292. The first kappa shape index (κ1) is 21.6. The van der Waals surface area contributed by atoms with Crippen LogP contribution in [0.25, 0.3) is 22.8 Å². The van der Waals surface area contributed by atoms with Crippen molar-refractivity contribution in [3.8, 4) is 11.1 Å². The Morgan fingerprint density at radius 3 is 2.31 bits per heavy atom. The highest BCUT2D eigenvalue weighted by atomic mass is 14.3. The molecule has 2 aromatic rings. The second kappa shape index (κ2) is 10.1. The first-order valence-corrected chi connectivity index (χ1v) is 11.3. The second-order valence-electron chi connectivity index (χ2n) is 8.21. The third-order valence-corrected chi connectivity index (χ3v) is 6.13. The molecule has 0 bridgehead atoms. The van der Waals surface area contributed by atoms with Gasteiger partial charge < -0.3 is 0 Å². The molecule has 0 nitrogen and oxygen atoms in total. The summed E-state index contributed by atoms with van der Waals surface area (Å²) in [5.41, 5.74) is 8.56. The molecule has 32 heavy (non-hydrogen) atoms. The Bertz CT molecular complexity index is 1160. The summed E-state index contributed by atoms with van der Waals surface area (Å²) in [7, 11) is 0. The molecule has 158 valence electrons.